The minimum absolute atomic E-state index is 0.0876. The largest absolute Gasteiger partial charge is 0.399 e. The number of hydrogen-bond donors (Lipinski definition) is 2. The smallest absolute Gasteiger partial charge is 0.243 e. The molecule has 2 rings (SSSR count). The van der Waals surface area contributed by atoms with E-state index in [2.05, 4.69) is 4.72 Å². The number of rotatable bonds is 4. The molecule has 0 radical (unpaired) electrons. The average molecular weight is 349 g/mol. The highest BCUT2D eigenvalue weighted by atomic mass is 35.5. The van der Waals surface area contributed by atoms with E-state index in [9.17, 15) is 12.8 Å². The second kappa shape index (κ2) is 5.92. The van der Waals surface area contributed by atoms with Gasteiger partial charge in [0, 0.05) is 22.0 Å². The van der Waals surface area contributed by atoms with Gasteiger partial charge in [-0.2, -0.15) is 0 Å². The molecule has 1 aromatic carbocycles. The summed E-state index contributed by atoms with van der Waals surface area (Å²) >= 11 is 7.11. The molecule has 0 aliphatic rings. The molecule has 8 heteroatoms. The van der Waals surface area contributed by atoms with Gasteiger partial charge in [-0.3, -0.25) is 0 Å². The number of benzene rings is 1. The van der Waals surface area contributed by atoms with Crippen LogP contribution >= 0.6 is 22.9 Å². The molecule has 0 saturated heterocycles. The molecule has 0 aliphatic carbocycles. The van der Waals surface area contributed by atoms with E-state index in [0.29, 0.717) is 0 Å². The first kappa shape index (κ1) is 16.2. The minimum Gasteiger partial charge on any atom is -0.399 e. The number of aryl methyl sites for hydroxylation is 2. The molecule has 3 N–H and O–H groups in total. The van der Waals surface area contributed by atoms with E-state index in [1.54, 1.807) is 0 Å². The molecular weight excluding hydrogens is 335 g/mol. The molecule has 1 heterocycles. The number of nitrogens with two attached hydrogens (primary N) is 1. The van der Waals surface area contributed by atoms with E-state index in [-0.39, 0.29) is 17.3 Å². The number of anilines is 1. The summed E-state index contributed by atoms with van der Waals surface area (Å²) in [6, 6.07) is 4.11. The van der Waals surface area contributed by atoms with Crippen LogP contribution in [0.5, 0.6) is 0 Å². The first-order chi connectivity index (χ1) is 9.70. The molecule has 4 nitrogen and oxygen atoms in total. The average Bonchev–Trinajstić information content (AvgIpc) is 2.71. The standard InChI is InChI=1S/C13H14ClFN2O2S2/c1-7-3-10(20-8(7)2)6-17-21(18,19)12-5-9(16)4-11(14)13(12)15/h3-5,17H,6,16H2,1-2H3. The Bertz CT molecular complexity index is 768. The molecule has 2 aromatic rings. The maximum absolute atomic E-state index is 13.9. The summed E-state index contributed by atoms with van der Waals surface area (Å²) in [7, 11) is -4.02. The fourth-order valence-electron chi connectivity index (χ4n) is 1.76. The van der Waals surface area contributed by atoms with Crippen LogP contribution < -0.4 is 10.5 Å². The quantitative estimate of drug-likeness (QED) is 0.833. The van der Waals surface area contributed by atoms with Crippen molar-refractivity contribution in [2.24, 2.45) is 0 Å². The third-order valence-electron chi connectivity index (χ3n) is 2.96. The number of thiophene rings is 1. The first-order valence-corrected chi connectivity index (χ1v) is 8.68. The highest BCUT2D eigenvalue weighted by Gasteiger charge is 2.22. The topological polar surface area (TPSA) is 72.2 Å². The van der Waals surface area contributed by atoms with Crippen LogP contribution in [0.25, 0.3) is 0 Å². The van der Waals surface area contributed by atoms with Crippen molar-refractivity contribution < 1.29 is 12.8 Å². The van der Waals surface area contributed by atoms with Crippen LogP contribution in [0.3, 0.4) is 0 Å². The summed E-state index contributed by atoms with van der Waals surface area (Å²) in [5, 5.41) is -0.321. The molecule has 0 amide bonds. The Morgan fingerprint density at radius 2 is 2.00 bits per heavy atom. The van der Waals surface area contributed by atoms with Crippen LogP contribution in [0.2, 0.25) is 5.02 Å². The Hall–Kier alpha value is -1.15. The van der Waals surface area contributed by atoms with Gasteiger partial charge in [0.1, 0.15) is 4.90 Å². The van der Waals surface area contributed by atoms with Gasteiger partial charge in [0.05, 0.1) is 5.02 Å². The molecule has 0 spiro atoms. The lowest BCUT2D eigenvalue weighted by Crippen LogP contribution is -2.24. The Balaban J connectivity index is 2.27. The van der Waals surface area contributed by atoms with E-state index in [4.69, 9.17) is 17.3 Å². The van der Waals surface area contributed by atoms with E-state index in [1.807, 2.05) is 19.9 Å². The third kappa shape index (κ3) is 3.55. The summed E-state index contributed by atoms with van der Waals surface area (Å²) < 4.78 is 40.5. The van der Waals surface area contributed by atoms with Crippen molar-refractivity contribution in [2.45, 2.75) is 25.3 Å². The zero-order chi connectivity index (χ0) is 15.8. The van der Waals surface area contributed by atoms with Gasteiger partial charge in [-0.05, 0) is 37.6 Å². The van der Waals surface area contributed by atoms with Gasteiger partial charge in [-0.1, -0.05) is 11.6 Å². The summed E-state index contributed by atoms with van der Waals surface area (Å²) in [6.07, 6.45) is 0. The predicted molar refractivity (Wildman–Crippen MR) is 83.6 cm³/mol. The van der Waals surface area contributed by atoms with Crippen molar-refractivity contribution in [3.05, 3.63) is 44.4 Å². The molecule has 114 valence electrons. The second-order valence-electron chi connectivity index (χ2n) is 4.59. The summed E-state index contributed by atoms with van der Waals surface area (Å²) in [4.78, 5) is 1.42. The zero-order valence-electron chi connectivity index (χ0n) is 11.4. The van der Waals surface area contributed by atoms with Crippen molar-refractivity contribution in [1.29, 1.82) is 0 Å². The van der Waals surface area contributed by atoms with Gasteiger partial charge in [-0.25, -0.2) is 17.5 Å². The summed E-state index contributed by atoms with van der Waals surface area (Å²) in [5.41, 5.74) is 6.69. The predicted octanol–water partition coefficient (Wildman–Crippen LogP) is 3.22. The molecular formula is C13H14ClFN2O2S2. The number of sulfonamides is 1. The number of hydrogen-bond acceptors (Lipinski definition) is 4. The SMILES string of the molecule is Cc1cc(CNS(=O)(=O)c2cc(N)cc(Cl)c2F)sc1C. The third-order valence-corrected chi connectivity index (χ3v) is 5.79. The van der Waals surface area contributed by atoms with Crippen LogP contribution in [0.15, 0.2) is 23.1 Å². The Morgan fingerprint density at radius 3 is 2.57 bits per heavy atom. The van der Waals surface area contributed by atoms with Gasteiger partial charge in [0.2, 0.25) is 10.0 Å². The van der Waals surface area contributed by atoms with Crippen molar-refractivity contribution in [3.63, 3.8) is 0 Å². The van der Waals surface area contributed by atoms with Crippen LogP contribution in [-0.4, -0.2) is 8.42 Å². The lowest BCUT2D eigenvalue weighted by atomic mass is 10.3. The number of nitrogen functional groups attached to an aromatic ring is 1. The van der Waals surface area contributed by atoms with E-state index in [0.717, 1.165) is 21.4 Å². The van der Waals surface area contributed by atoms with E-state index >= 15 is 0 Å². The summed E-state index contributed by atoms with van der Waals surface area (Å²) in [6.45, 7) is 3.99. The molecule has 0 saturated carbocycles. The fourth-order valence-corrected chi connectivity index (χ4v) is 4.27. The first-order valence-electron chi connectivity index (χ1n) is 6.01. The van der Waals surface area contributed by atoms with Crippen molar-refractivity contribution in [1.82, 2.24) is 4.72 Å². The molecule has 0 atom stereocenters. The molecule has 0 bridgehead atoms. The normalized spacial score (nSPS) is 11.8. The Kier molecular flexibility index (Phi) is 4.57. The maximum atomic E-state index is 13.9. The maximum Gasteiger partial charge on any atom is 0.243 e. The highest BCUT2D eigenvalue weighted by Crippen LogP contribution is 2.26. The molecule has 0 fully saturated rings. The molecule has 21 heavy (non-hydrogen) atoms. The summed E-state index contributed by atoms with van der Waals surface area (Å²) in [5.74, 6) is -1.00. The van der Waals surface area contributed by atoms with Gasteiger partial charge < -0.3 is 5.73 Å². The number of nitrogens with one attached hydrogen (secondary N) is 1. The Morgan fingerprint density at radius 1 is 1.33 bits per heavy atom. The lowest BCUT2D eigenvalue weighted by Gasteiger charge is -2.08. The minimum atomic E-state index is -4.02. The van der Waals surface area contributed by atoms with Crippen LogP contribution in [-0.2, 0) is 16.6 Å². The van der Waals surface area contributed by atoms with Gasteiger partial charge in [-0.15, -0.1) is 11.3 Å². The van der Waals surface area contributed by atoms with Crippen molar-refractivity contribution in [2.75, 3.05) is 5.73 Å². The second-order valence-corrected chi connectivity index (χ2v) is 8.07. The Labute approximate surface area is 131 Å². The zero-order valence-corrected chi connectivity index (χ0v) is 13.8. The van der Waals surface area contributed by atoms with E-state index in [1.165, 1.54) is 17.4 Å². The molecule has 0 aliphatic heterocycles. The van der Waals surface area contributed by atoms with Gasteiger partial charge >= 0.3 is 0 Å². The molecule has 1 aromatic heterocycles. The monoisotopic (exact) mass is 348 g/mol. The van der Waals surface area contributed by atoms with Gasteiger partial charge in [0.15, 0.2) is 5.82 Å². The number of halogens is 2. The fraction of sp³-hybridized carbons (Fsp3) is 0.231. The molecule has 0 unspecified atom stereocenters. The lowest BCUT2D eigenvalue weighted by molar-refractivity contribution is 0.557. The highest BCUT2D eigenvalue weighted by molar-refractivity contribution is 7.89. The van der Waals surface area contributed by atoms with Crippen molar-refractivity contribution in [3.8, 4) is 0 Å². The van der Waals surface area contributed by atoms with Crippen LogP contribution in [0.1, 0.15) is 15.3 Å². The van der Waals surface area contributed by atoms with E-state index < -0.39 is 20.7 Å². The van der Waals surface area contributed by atoms with Crippen LogP contribution in [0, 0.1) is 19.7 Å². The van der Waals surface area contributed by atoms with Gasteiger partial charge in [0.25, 0.3) is 0 Å². The van der Waals surface area contributed by atoms with Crippen molar-refractivity contribution >= 4 is 38.6 Å². The van der Waals surface area contributed by atoms with Crippen LogP contribution in [0.4, 0.5) is 10.1 Å².